The molecule has 3 heterocycles. The molecule has 1 N–H and O–H groups in total. The van der Waals surface area contributed by atoms with Gasteiger partial charge in [-0.2, -0.15) is 5.26 Å². The molecule has 39 heavy (non-hydrogen) atoms. The molecule has 0 saturated carbocycles. The number of pyridine rings is 1. The van der Waals surface area contributed by atoms with E-state index in [1.165, 1.54) is 9.47 Å². The van der Waals surface area contributed by atoms with Crippen molar-refractivity contribution >= 4 is 58.0 Å². The van der Waals surface area contributed by atoms with Gasteiger partial charge in [0.2, 0.25) is 0 Å². The number of rotatable bonds is 11. The third-order valence-electron chi connectivity index (χ3n) is 6.92. The highest BCUT2D eigenvalue weighted by molar-refractivity contribution is 8.26. The van der Waals surface area contributed by atoms with E-state index in [0.29, 0.717) is 78.0 Å². The SMILES string of the molecule is CCOC(=O)C1CCCN(c2c(/C=C3/SC(=S)N(CCCCCC(=O)O)C3=O)c(C)c(C#N)c(=O)n2CC)C1. The molecule has 1 unspecified atom stereocenters. The highest BCUT2D eigenvalue weighted by Crippen LogP contribution is 2.37. The van der Waals surface area contributed by atoms with Crippen molar-refractivity contribution in [3.63, 3.8) is 0 Å². The molecule has 2 fully saturated rings. The molecule has 3 rings (SSSR count). The number of anilines is 1. The van der Waals surface area contributed by atoms with Gasteiger partial charge in [0.05, 0.1) is 17.4 Å². The van der Waals surface area contributed by atoms with Crippen LogP contribution >= 0.6 is 24.0 Å². The van der Waals surface area contributed by atoms with E-state index in [1.807, 2.05) is 17.9 Å². The number of aliphatic carboxylic acids is 1. The van der Waals surface area contributed by atoms with Crippen molar-refractivity contribution in [3.8, 4) is 6.07 Å². The number of hydrogen-bond acceptors (Lipinski definition) is 9. The number of thiocarbonyl (C=S) groups is 1. The molecule has 0 radical (unpaired) electrons. The zero-order valence-corrected chi connectivity index (χ0v) is 24.2. The molecular formula is C27H34N4O6S2. The van der Waals surface area contributed by atoms with Gasteiger partial charge in [0.25, 0.3) is 11.5 Å². The number of nitrogens with zero attached hydrogens (tertiary/aromatic N) is 4. The summed E-state index contributed by atoms with van der Waals surface area (Å²) in [4.78, 5) is 53.8. The average Bonchev–Trinajstić information content (AvgIpc) is 3.17. The number of ether oxygens (including phenoxy) is 1. The second-order valence-electron chi connectivity index (χ2n) is 9.47. The molecular weight excluding hydrogens is 540 g/mol. The van der Waals surface area contributed by atoms with Gasteiger partial charge in [-0.25, -0.2) is 0 Å². The van der Waals surface area contributed by atoms with Gasteiger partial charge in [-0.05, 0) is 58.1 Å². The highest BCUT2D eigenvalue weighted by atomic mass is 32.2. The molecule has 0 spiro atoms. The lowest BCUT2D eigenvalue weighted by molar-refractivity contribution is -0.148. The summed E-state index contributed by atoms with van der Waals surface area (Å²) in [6.45, 7) is 7.24. The van der Waals surface area contributed by atoms with Crippen molar-refractivity contribution in [3.05, 3.63) is 31.9 Å². The Bertz CT molecular complexity index is 1280. The van der Waals surface area contributed by atoms with Crippen molar-refractivity contribution < 1.29 is 24.2 Å². The molecule has 0 aromatic carbocycles. The van der Waals surface area contributed by atoms with Crippen molar-refractivity contribution in [2.75, 3.05) is 31.1 Å². The molecule has 2 aliphatic heterocycles. The first-order valence-electron chi connectivity index (χ1n) is 13.2. The van der Waals surface area contributed by atoms with Gasteiger partial charge in [0, 0.05) is 38.2 Å². The Balaban J connectivity index is 1.99. The maximum absolute atomic E-state index is 13.3. The quantitative estimate of drug-likeness (QED) is 0.181. The number of hydrogen-bond donors (Lipinski definition) is 1. The fraction of sp³-hybridized carbons (Fsp3) is 0.556. The molecule has 1 amide bonds. The van der Waals surface area contributed by atoms with Crippen molar-refractivity contribution in [1.29, 1.82) is 5.26 Å². The van der Waals surface area contributed by atoms with Crippen LogP contribution in [0.3, 0.4) is 0 Å². The summed E-state index contributed by atoms with van der Waals surface area (Å²) in [6.07, 6.45) is 5.01. The summed E-state index contributed by atoms with van der Waals surface area (Å²) in [5, 5.41) is 18.6. The Morgan fingerprint density at radius 3 is 2.64 bits per heavy atom. The van der Waals surface area contributed by atoms with Gasteiger partial charge in [0.15, 0.2) is 0 Å². The number of carbonyl (C=O) groups excluding carboxylic acids is 2. The molecule has 0 aliphatic carbocycles. The van der Waals surface area contributed by atoms with E-state index in [4.69, 9.17) is 22.1 Å². The fourth-order valence-electron chi connectivity index (χ4n) is 4.95. The molecule has 1 aromatic heterocycles. The number of carboxylic acid groups (broad SMARTS) is 1. The highest BCUT2D eigenvalue weighted by Gasteiger charge is 2.34. The van der Waals surface area contributed by atoms with E-state index in [0.717, 1.165) is 18.2 Å². The second kappa shape index (κ2) is 13.8. The van der Waals surface area contributed by atoms with Crippen LogP contribution in [0.2, 0.25) is 0 Å². The first kappa shape index (κ1) is 30.4. The molecule has 10 nitrogen and oxygen atoms in total. The predicted octanol–water partition coefficient (Wildman–Crippen LogP) is 3.67. The molecule has 0 bridgehead atoms. The van der Waals surface area contributed by atoms with Gasteiger partial charge in [-0.1, -0.05) is 30.4 Å². The normalized spacial score (nSPS) is 18.5. The van der Waals surface area contributed by atoms with E-state index < -0.39 is 11.5 Å². The topological polar surface area (TPSA) is 133 Å². The Morgan fingerprint density at radius 1 is 1.26 bits per heavy atom. The average molecular weight is 575 g/mol. The van der Waals surface area contributed by atoms with Gasteiger partial charge in [0.1, 0.15) is 21.8 Å². The first-order chi connectivity index (χ1) is 18.6. The van der Waals surface area contributed by atoms with Crippen LogP contribution in [-0.4, -0.2) is 63.0 Å². The van der Waals surface area contributed by atoms with Gasteiger partial charge in [-0.15, -0.1) is 0 Å². The summed E-state index contributed by atoms with van der Waals surface area (Å²) in [5.74, 6) is -1.15. The summed E-state index contributed by atoms with van der Waals surface area (Å²) in [5.41, 5.74) is 0.662. The standard InChI is InChI=1S/C27H34N4O6S2/c1-4-30-23(29-12-9-10-18(16-29)26(36)37-5-2)19(17(3)20(15-28)24(30)34)14-21-25(35)31(27(38)39-21)13-8-6-7-11-22(32)33/h14,18H,4-13,16H2,1-3H3,(H,32,33)/b21-14+. The number of carboxylic acids is 1. The fourth-order valence-corrected chi connectivity index (χ4v) is 6.24. The number of unbranched alkanes of at least 4 members (excludes halogenated alkanes) is 2. The second-order valence-corrected chi connectivity index (χ2v) is 11.1. The number of thioether (sulfide) groups is 1. The number of amides is 1. The van der Waals surface area contributed by atoms with Crippen LogP contribution in [0.1, 0.15) is 69.1 Å². The minimum absolute atomic E-state index is 0.0136. The van der Waals surface area contributed by atoms with E-state index in [2.05, 4.69) is 0 Å². The van der Waals surface area contributed by atoms with Crippen LogP contribution in [0.4, 0.5) is 5.82 Å². The predicted molar refractivity (Wildman–Crippen MR) is 153 cm³/mol. The van der Waals surface area contributed by atoms with Crippen LogP contribution in [0.5, 0.6) is 0 Å². The van der Waals surface area contributed by atoms with Crippen molar-refractivity contribution in [2.45, 2.75) is 65.8 Å². The first-order valence-corrected chi connectivity index (χ1v) is 14.4. The van der Waals surface area contributed by atoms with E-state index in [1.54, 1.807) is 19.9 Å². The molecule has 1 aromatic rings. The van der Waals surface area contributed by atoms with Gasteiger partial charge >= 0.3 is 11.9 Å². The summed E-state index contributed by atoms with van der Waals surface area (Å²) in [6, 6.07) is 2.03. The Morgan fingerprint density at radius 2 is 2.00 bits per heavy atom. The van der Waals surface area contributed by atoms with E-state index in [-0.39, 0.29) is 36.4 Å². The Labute approximate surface area is 237 Å². The smallest absolute Gasteiger partial charge is 0.310 e. The Kier molecular flexibility index (Phi) is 10.7. The lowest BCUT2D eigenvalue weighted by atomic mass is 9.96. The lowest BCUT2D eigenvalue weighted by Crippen LogP contribution is -2.43. The minimum atomic E-state index is -0.845. The third-order valence-corrected chi connectivity index (χ3v) is 8.30. The van der Waals surface area contributed by atoms with Gasteiger partial charge in [-0.3, -0.25) is 28.6 Å². The largest absolute Gasteiger partial charge is 0.481 e. The number of nitriles is 1. The van der Waals surface area contributed by atoms with E-state index >= 15 is 0 Å². The third kappa shape index (κ3) is 6.89. The molecule has 2 aliphatic rings. The number of carbonyl (C=O) groups is 3. The van der Waals surface area contributed by atoms with Crippen molar-refractivity contribution in [1.82, 2.24) is 9.47 Å². The molecule has 12 heteroatoms. The zero-order chi connectivity index (χ0) is 28.7. The number of piperidine rings is 1. The van der Waals surface area contributed by atoms with Crippen LogP contribution in [0.15, 0.2) is 9.70 Å². The number of esters is 1. The summed E-state index contributed by atoms with van der Waals surface area (Å²) < 4.78 is 7.20. The lowest BCUT2D eigenvalue weighted by Gasteiger charge is -2.36. The summed E-state index contributed by atoms with van der Waals surface area (Å²) in [7, 11) is 0. The molecule has 1 atom stereocenters. The van der Waals surface area contributed by atoms with Crippen LogP contribution < -0.4 is 10.5 Å². The summed E-state index contributed by atoms with van der Waals surface area (Å²) >= 11 is 6.64. The van der Waals surface area contributed by atoms with E-state index in [9.17, 15) is 24.4 Å². The van der Waals surface area contributed by atoms with Gasteiger partial charge < -0.3 is 14.7 Å². The van der Waals surface area contributed by atoms with Crippen molar-refractivity contribution in [2.24, 2.45) is 5.92 Å². The zero-order valence-electron chi connectivity index (χ0n) is 22.5. The maximum Gasteiger partial charge on any atom is 0.310 e. The number of aromatic nitrogens is 1. The molecule has 210 valence electrons. The molecule has 2 saturated heterocycles. The van der Waals surface area contributed by atoms with Crippen LogP contribution in [0, 0.1) is 24.2 Å². The van der Waals surface area contributed by atoms with Crippen LogP contribution in [0.25, 0.3) is 6.08 Å². The van der Waals surface area contributed by atoms with Crippen LogP contribution in [-0.2, 0) is 25.7 Å². The Hall–Kier alpha value is -3.17. The monoisotopic (exact) mass is 574 g/mol. The maximum atomic E-state index is 13.3. The minimum Gasteiger partial charge on any atom is -0.481 e.